The van der Waals surface area contributed by atoms with Gasteiger partial charge in [0.1, 0.15) is 5.52 Å². The van der Waals surface area contributed by atoms with Crippen molar-refractivity contribution in [2.75, 3.05) is 6.54 Å². The van der Waals surface area contributed by atoms with Crippen LogP contribution in [-0.4, -0.2) is 27.2 Å². The Morgan fingerprint density at radius 3 is 3.00 bits per heavy atom. The molecule has 1 atom stereocenters. The number of fused-ring (bicyclic) bond motifs is 1. The zero-order valence-electron chi connectivity index (χ0n) is 13.1. The first-order valence-electron chi connectivity index (χ1n) is 7.82. The Hall–Kier alpha value is -2.63. The van der Waals surface area contributed by atoms with Gasteiger partial charge in [-0.25, -0.2) is 4.98 Å². The van der Waals surface area contributed by atoms with Gasteiger partial charge in [-0.3, -0.25) is 9.48 Å². The number of carbonyl (C=O) groups excluding carboxylic acids is 1. The summed E-state index contributed by atoms with van der Waals surface area (Å²) in [5.74, 6) is 0.746. The van der Waals surface area contributed by atoms with Crippen molar-refractivity contribution >= 4 is 17.0 Å². The summed E-state index contributed by atoms with van der Waals surface area (Å²) in [5, 5.41) is 7.07. The van der Waals surface area contributed by atoms with Crippen molar-refractivity contribution in [1.29, 1.82) is 0 Å². The molecular weight excluding hydrogens is 292 g/mol. The monoisotopic (exact) mass is 312 g/mol. The standard InChI is InChI=1S/C17H20N4O2/c1-13(21-11-5-10-19-21)12-16(22)18-9-4-8-17-20-14-6-2-3-7-15(14)23-17/h2-3,5-7,10-11,13H,4,8-9,12H2,1H3,(H,18,22)/t13-/m1/s1. The minimum absolute atomic E-state index is 0.0329. The van der Waals surface area contributed by atoms with E-state index in [1.54, 1.807) is 10.9 Å². The maximum atomic E-state index is 11.9. The number of para-hydroxylation sites is 2. The second-order valence-corrected chi connectivity index (χ2v) is 5.57. The highest BCUT2D eigenvalue weighted by atomic mass is 16.3. The van der Waals surface area contributed by atoms with Gasteiger partial charge in [0, 0.05) is 31.8 Å². The molecule has 3 aromatic rings. The van der Waals surface area contributed by atoms with Crippen LogP contribution in [0.15, 0.2) is 47.1 Å². The van der Waals surface area contributed by atoms with E-state index in [0.29, 0.717) is 25.3 Å². The average molecular weight is 312 g/mol. The molecule has 0 saturated heterocycles. The van der Waals surface area contributed by atoms with E-state index in [4.69, 9.17) is 4.42 Å². The van der Waals surface area contributed by atoms with Crippen LogP contribution >= 0.6 is 0 Å². The van der Waals surface area contributed by atoms with Gasteiger partial charge in [-0.05, 0) is 31.5 Å². The van der Waals surface area contributed by atoms with Gasteiger partial charge >= 0.3 is 0 Å². The first kappa shape index (κ1) is 15.3. The Bertz CT molecular complexity index is 731. The Balaban J connectivity index is 1.40. The van der Waals surface area contributed by atoms with Crippen molar-refractivity contribution in [2.45, 2.75) is 32.2 Å². The molecule has 0 aliphatic carbocycles. The summed E-state index contributed by atoms with van der Waals surface area (Å²) >= 11 is 0. The van der Waals surface area contributed by atoms with Gasteiger partial charge in [-0.1, -0.05) is 12.1 Å². The van der Waals surface area contributed by atoms with E-state index in [0.717, 1.165) is 17.5 Å². The van der Waals surface area contributed by atoms with Gasteiger partial charge in [0.2, 0.25) is 5.91 Å². The number of oxazole rings is 1. The highest BCUT2D eigenvalue weighted by molar-refractivity contribution is 5.76. The molecule has 0 spiro atoms. The molecule has 0 aliphatic heterocycles. The Morgan fingerprint density at radius 2 is 2.22 bits per heavy atom. The van der Waals surface area contributed by atoms with Crippen LogP contribution < -0.4 is 5.32 Å². The van der Waals surface area contributed by atoms with E-state index in [1.165, 1.54) is 0 Å². The smallest absolute Gasteiger partial charge is 0.222 e. The second-order valence-electron chi connectivity index (χ2n) is 5.57. The van der Waals surface area contributed by atoms with Crippen LogP contribution in [-0.2, 0) is 11.2 Å². The third kappa shape index (κ3) is 3.97. The number of nitrogens with one attached hydrogen (secondary N) is 1. The van der Waals surface area contributed by atoms with Crippen LogP contribution in [0.3, 0.4) is 0 Å². The van der Waals surface area contributed by atoms with Crippen molar-refractivity contribution in [3.05, 3.63) is 48.6 Å². The summed E-state index contributed by atoms with van der Waals surface area (Å²) in [5.41, 5.74) is 1.68. The molecule has 2 heterocycles. The van der Waals surface area contributed by atoms with Crippen molar-refractivity contribution in [2.24, 2.45) is 0 Å². The van der Waals surface area contributed by atoms with Crippen LogP contribution in [0.25, 0.3) is 11.1 Å². The molecular formula is C17H20N4O2. The van der Waals surface area contributed by atoms with E-state index in [1.807, 2.05) is 43.5 Å². The van der Waals surface area contributed by atoms with E-state index >= 15 is 0 Å². The minimum Gasteiger partial charge on any atom is -0.441 e. The van der Waals surface area contributed by atoms with Gasteiger partial charge in [0.15, 0.2) is 11.5 Å². The Kier molecular flexibility index (Phi) is 4.71. The highest BCUT2D eigenvalue weighted by Crippen LogP contribution is 2.15. The van der Waals surface area contributed by atoms with Crippen LogP contribution in [0.4, 0.5) is 0 Å². The molecule has 0 aliphatic rings. The summed E-state index contributed by atoms with van der Waals surface area (Å²) in [6, 6.07) is 9.62. The molecule has 6 heteroatoms. The predicted octanol–water partition coefficient (Wildman–Crippen LogP) is 2.72. The number of hydrogen-bond acceptors (Lipinski definition) is 4. The lowest BCUT2D eigenvalue weighted by atomic mass is 10.2. The summed E-state index contributed by atoms with van der Waals surface area (Å²) in [7, 11) is 0. The van der Waals surface area contributed by atoms with Crippen molar-refractivity contribution < 1.29 is 9.21 Å². The fourth-order valence-corrected chi connectivity index (χ4v) is 2.47. The zero-order chi connectivity index (χ0) is 16.1. The van der Waals surface area contributed by atoms with Gasteiger partial charge in [-0.15, -0.1) is 0 Å². The summed E-state index contributed by atoms with van der Waals surface area (Å²) in [4.78, 5) is 16.3. The predicted molar refractivity (Wildman–Crippen MR) is 86.9 cm³/mol. The van der Waals surface area contributed by atoms with Gasteiger partial charge in [0.25, 0.3) is 0 Å². The average Bonchev–Trinajstić information content (AvgIpc) is 3.20. The fraction of sp³-hybridized carbons (Fsp3) is 0.353. The number of amides is 1. The molecule has 1 N–H and O–H groups in total. The maximum absolute atomic E-state index is 11.9. The number of hydrogen-bond donors (Lipinski definition) is 1. The first-order valence-corrected chi connectivity index (χ1v) is 7.82. The summed E-state index contributed by atoms with van der Waals surface area (Å²) in [6.07, 6.45) is 5.52. The van der Waals surface area contributed by atoms with Crippen LogP contribution in [0, 0.1) is 0 Å². The third-order valence-electron chi connectivity index (χ3n) is 3.69. The van der Waals surface area contributed by atoms with Crippen LogP contribution in [0.5, 0.6) is 0 Å². The van der Waals surface area contributed by atoms with E-state index in [9.17, 15) is 4.79 Å². The third-order valence-corrected chi connectivity index (χ3v) is 3.69. The largest absolute Gasteiger partial charge is 0.441 e. The molecule has 3 rings (SSSR count). The lowest BCUT2D eigenvalue weighted by Gasteiger charge is -2.11. The molecule has 0 radical (unpaired) electrons. The number of rotatable bonds is 7. The molecule has 120 valence electrons. The molecule has 0 bridgehead atoms. The van der Waals surface area contributed by atoms with Gasteiger partial charge in [-0.2, -0.15) is 5.10 Å². The number of carbonyl (C=O) groups is 1. The molecule has 1 amide bonds. The summed E-state index contributed by atoms with van der Waals surface area (Å²) in [6.45, 7) is 2.59. The first-order chi connectivity index (χ1) is 11.2. The topological polar surface area (TPSA) is 73.0 Å². The Morgan fingerprint density at radius 1 is 1.35 bits per heavy atom. The van der Waals surface area contributed by atoms with E-state index in [2.05, 4.69) is 15.4 Å². The zero-order valence-corrected chi connectivity index (χ0v) is 13.1. The molecule has 2 aromatic heterocycles. The fourth-order valence-electron chi connectivity index (χ4n) is 2.47. The number of benzene rings is 1. The second kappa shape index (κ2) is 7.09. The SMILES string of the molecule is C[C@H](CC(=O)NCCCc1nc2ccccc2o1)n1cccn1. The quantitative estimate of drug-likeness (QED) is 0.681. The van der Waals surface area contributed by atoms with Crippen LogP contribution in [0.2, 0.25) is 0 Å². The minimum atomic E-state index is 0.0329. The number of aromatic nitrogens is 3. The number of aryl methyl sites for hydroxylation is 1. The van der Waals surface area contributed by atoms with Crippen molar-refractivity contribution in [3.8, 4) is 0 Å². The van der Waals surface area contributed by atoms with Gasteiger partial charge < -0.3 is 9.73 Å². The lowest BCUT2D eigenvalue weighted by molar-refractivity contribution is -0.121. The Labute approximate surface area is 134 Å². The van der Waals surface area contributed by atoms with E-state index < -0.39 is 0 Å². The lowest BCUT2D eigenvalue weighted by Crippen LogP contribution is -2.27. The van der Waals surface area contributed by atoms with Crippen molar-refractivity contribution in [3.63, 3.8) is 0 Å². The van der Waals surface area contributed by atoms with Crippen LogP contribution in [0.1, 0.15) is 31.7 Å². The molecule has 0 fully saturated rings. The van der Waals surface area contributed by atoms with E-state index in [-0.39, 0.29) is 11.9 Å². The summed E-state index contributed by atoms with van der Waals surface area (Å²) < 4.78 is 7.44. The number of nitrogens with zero attached hydrogens (tertiary/aromatic N) is 3. The molecule has 0 saturated carbocycles. The molecule has 0 unspecified atom stereocenters. The molecule has 6 nitrogen and oxygen atoms in total. The van der Waals surface area contributed by atoms with Gasteiger partial charge in [0.05, 0.1) is 6.04 Å². The highest BCUT2D eigenvalue weighted by Gasteiger charge is 2.10. The molecule has 1 aromatic carbocycles. The molecule has 23 heavy (non-hydrogen) atoms. The van der Waals surface area contributed by atoms with Crippen molar-refractivity contribution in [1.82, 2.24) is 20.1 Å². The normalized spacial score (nSPS) is 12.4. The maximum Gasteiger partial charge on any atom is 0.222 e.